The predicted octanol–water partition coefficient (Wildman–Crippen LogP) is 4.55. The fourth-order valence-electron chi connectivity index (χ4n) is 1.12. The van der Waals surface area contributed by atoms with Gasteiger partial charge >= 0.3 is 0 Å². The third-order valence-electron chi connectivity index (χ3n) is 2.41. The Morgan fingerprint density at radius 3 is 1.35 bits per heavy atom. The molecule has 0 fully saturated rings. The van der Waals surface area contributed by atoms with Crippen LogP contribution in [0.3, 0.4) is 0 Å². The van der Waals surface area contributed by atoms with E-state index < -0.39 is 5.79 Å². The summed E-state index contributed by atoms with van der Waals surface area (Å²) >= 11 is 0. The van der Waals surface area contributed by atoms with E-state index in [9.17, 15) is 4.79 Å². The molecule has 0 spiro atoms. The SMILES string of the molecule is CC(C)=O.CCCCO.CCCCOC(C)(C)OCCCC.[OH-]. The Balaban J connectivity index is -0.000000150. The number of carbonyl (C=O) groups is 1. The molecule has 0 heterocycles. The van der Waals surface area contributed by atoms with Gasteiger partial charge in [-0.1, -0.05) is 40.0 Å². The highest BCUT2D eigenvalue weighted by Gasteiger charge is 2.17. The summed E-state index contributed by atoms with van der Waals surface area (Å²) < 4.78 is 11.2. The number of rotatable bonds is 10. The minimum Gasteiger partial charge on any atom is -0.870 e. The fourth-order valence-corrected chi connectivity index (χ4v) is 1.12. The normalized spacial score (nSPS) is 9.74. The molecule has 0 aliphatic carbocycles. The molecule has 0 aliphatic heterocycles. The third kappa shape index (κ3) is 44.9. The van der Waals surface area contributed by atoms with Crippen molar-refractivity contribution in [1.82, 2.24) is 0 Å². The number of Topliss-reactive ketones (excluding diaryl/α,β-unsaturated/α-hetero) is 1. The minimum atomic E-state index is -0.398. The van der Waals surface area contributed by atoms with Gasteiger partial charge in [0.05, 0.1) is 0 Å². The molecule has 0 aromatic rings. The lowest BCUT2D eigenvalue weighted by atomic mass is 10.3. The van der Waals surface area contributed by atoms with Crippen molar-refractivity contribution in [2.45, 2.75) is 92.8 Å². The summed E-state index contributed by atoms with van der Waals surface area (Å²) in [4.78, 5) is 9.44. The molecule has 0 rings (SSSR count). The van der Waals surface area contributed by atoms with Gasteiger partial charge in [-0.25, -0.2) is 0 Å². The highest BCUT2D eigenvalue weighted by Crippen LogP contribution is 2.12. The second kappa shape index (κ2) is 23.8. The maximum atomic E-state index is 9.44. The Morgan fingerprint density at radius 2 is 1.17 bits per heavy atom. The number of ether oxygens (including phenoxy) is 2. The molecule has 0 aromatic heterocycles. The van der Waals surface area contributed by atoms with Gasteiger partial charge in [-0.05, 0) is 47.0 Å². The maximum Gasteiger partial charge on any atom is 0.162 e. The number of hydrogen-bond acceptors (Lipinski definition) is 5. The van der Waals surface area contributed by atoms with E-state index in [1.165, 1.54) is 26.7 Å². The third-order valence-corrected chi connectivity index (χ3v) is 2.41. The van der Waals surface area contributed by atoms with Crippen LogP contribution < -0.4 is 0 Å². The molecule has 23 heavy (non-hydrogen) atoms. The van der Waals surface area contributed by atoms with E-state index in [2.05, 4.69) is 20.8 Å². The Morgan fingerprint density at radius 1 is 0.870 bits per heavy atom. The van der Waals surface area contributed by atoms with Gasteiger partial charge in [0.2, 0.25) is 0 Å². The van der Waals surface area contributed by atoms with Crippen LogP contribution in [0.25, 0.3) is 0 Å². The van der Waals surface area contributed by atoms with Crippen LogP contribution in [-0.4, -0.2) is 42.0 Å². The van der Waals surface area contributed by atoms with E-state index in [4.69, 9.17) is 14.6 Å². The number of hydrogen-bond donors (Lipinski definition) is 1. The summed E-state index contributed by atoms with van der Waals surface area (Å²) in [7, 11) is 0. The van der Waals surface area contributed by atoms with Gasteiger partial charge in [0.1, 0.15) is 5.78 Å². The van der Waals surface area contributed by atoms with Crippen LogP contribution in [0.1, 0.15) is 87.0 Å². The van der Waals surface area contributed by atoms with Crippen molar-refractivity contribution >= 4 is 5.78 Å². The summed E-state index contributed by atoms with van der Waals surface area (Å²) in [6, 6.07) is 0. The summed E-state index contributed by atoms with van der Waals surface area (Å²) in [5.74, 6) is -0.232. The molecular weight excluding hydrogens is 296 g/mol. The standard InChI is InChI=1S/C11H24O2.C4H10O.C3H6O.H2O/c1-5-7-9-12-11(3,4)13-10-8-6-2;1-2-3-4-5;1-3(2)4;/h5-10H2,1-4H3;5H,2-4H2,1H3;1-2H3;1H2/p-1. The van der Waals surface area contributed by atoms with Gasteiger partial charge in [-0.2, -0.15) is 0 Å². The number of aliphatic hydroxyl groups excluding tert-OH is 1. The molecular formula is C18H41O5-. The molecule has 0 saturated carbocycles. The predicted molar refractivity (Wildman–Crippen MR) is 96.1 cm³/mol. The Hall–Kier alpha value is -0.490. The Kier molecular flexibility index (Phi) is 31.4. The zero-order chi connectivity index (χ0) is 17.9. The maximum absolute atomic E-state index is 9.44. The summed E-state index contributed by atoms with van der Waals surface area (Å²) in [5.41, 5.74) is 0. The van der Waals surface area contributed by atoms with Crippen LogP contribution in [-0.2, 0) is 14.3 Å². The molecule has 0 atom stereocenters. The van der Waals surface area contributed by atoms with Gasteiger partial charge in [0.25, 0.3) is 0 Å². The number of carbonyl (C=O) groups excluding carboxylic acids is 1. The van der Waals surface area contributed by atoms with Crippen LogP contribution in [0.2, 0.25) is 0 Å². The summed E-state index contributed by atoms with van der Waals surface area (Å²) in [6.07, 6.45) is 6.60. The van der Waals surface area contributed by atoms with Crippen LogP contribution >= 0.6 is 0 Å². The molecule has 0 saturated heterocycles. The minimum absolute atomic E-state index is 0. The van der Waals surface area contributed by atoms with Crippen molar-refractivity contribution in [2.75, 3.05) is 19.8 Å². The molecule has 5 nitrogen and oxygen atoms in total. The highest BCUT2D eigenvalue weighted by atomic mass is 16.7. The molecule has 2 N–H and O–H groups in total. The lowest BCUT2D eigenvalue weighted by molar-refractivity contribution is -0.214. The average Bonchev–Trinajstić information content (AvgIpc) is 2.40. The summed E-state index contributed by atoms with van der Waals surface area (Å²) in [6.45, 7) is 15.3. The first-order valence-electron chi connectivity index (χ1n) is 8.63. The fraction of sp³-hybridized carbons (Fsp3) is 0.944. The smallest absolute Gasteiger partial charge is 0.162 e. The monoisotopic (exact) mass is 337 g/mol. The first kappa shape index (κ1) is 30.4. The van der Waals surface area contributed by atoms with E-state index in [1.54, 1.807) is 0 Å². The van der Waals surface area contributed by atoms with Gasteiger partial charge < -0.3 is 24.9 Å². The van der Waals surface area contributed by atoms with E-state index in [1.807, 2.05) is 13.8 Å². The van der Waals surface area contributed by atoms with Gasteiger partial charge in [0.15, 0.2) is 5.79 Å². The summed E-state index contributed by atoms with van der Waals surface area (Å²) in [5, 5.41) is 8.07. The Bertz CT molecular complexity index is 199. The van der Waals surface area contributed by atoms with Crippen LogP contribution in [0, 0.1) is 0 Å². The lowest BCUT2D eigenvalue weighted by Gasteiger charge is -2.25. The number of ketones is 1. The quantitative estimate of drug-likeness (QED) is 0.467. The molecule has 0 radical (unpaired) electrons. The van der Waals surface area contributed by atoms with Gasteiger partial charge in [-0.3, -0.25) is 0 Å². The molecule has 0 aliphatic rings. The molecule has 5 heteroatoms. The van der Waals surface area contributed by atoms with E-state index in [-0.39, 0.29) is 11.3 Å². The lowest BCUT2D eigenvalue weighted by Crippen LogP contribution is -2.29. The van der Waals surface area contributed by atoms with Crippen molar-refractivity contribution in [3.63, 3.8) is 0 Å². The van der Waals surface area contributed by atoms with E-state index in [0.29, 0.717) is 6.61 Å². The zero-order valence-corrected chi connectivity index (χ0v) is 16.5. The van der Waals surface area contributed by atoms with Crippen molar-refractivity contribution in [3.05, 3.63) is 0 Å². The topological polar surface area (TPSA) is 85.8 Å². The van der Waals surface area contributed by atoms with E-state index >= 15 is 0 Å². The van der Waals surface area contributed by atoms with Gasteiger partial charge in [0, 0.05) is 19.8 Å². The number of unbranched alkanes of at least 4 members (excludes halogenated alkanes) is 3. The van der Waals surface area contributed by atoms with Crippen molar-refractivity contribution in [3.8, 4) is 0 Å². The van der Waals surface area contributed by atoms with E-state index in [0.717, 1.165) is 38.9 Å². The second-order valence-corrected chi connectivity index (χ2v) is 5.79. The van der Waals surface area contributed by atoms with Crippen molar-refractivity contribution in [2.24, 2.45) is 0 Å². The first-order chi connectivity index (χ1) is 10.3. The van der Waals surface area contributed by atoms with Crippen LogP contribution in [0.5, 0.6) is 0 Å². The first-order valence-corrected chi connectivity index (χ1v) is 8.63. The molecule has 0 unspecified atom stereocenters. The zero-order valence-electron chi connectivity index (χ0n) is 16.5. The molecule has 0 aromatic carbocycles. The van der Waals surface area contributed by atoms with Crippen molar-refractivity contribution < 1.29 is 24.9 Å². The second-order valence-electron chi connectivity index (χ2n) is 5.79. The van der Waals surface area contributed by atoms with Crippen LogP contribution in [0.4, 0.5) is 0 Å². The largest absolute Gasteiger partial charge is 0.870 e. The molecule has 144 valence electrons. The number of aliphatic hydroxyl groups is 1. The highest BCUT2D eigenvalue weighted by molar-refractivity contribution is 5.72. The molecule has 0 amide bonds. The van der Waals surface area contributed by atoms with Crippen LogP contribution in [0.15, 0.2) is 0 Å². The van der Waals surface area contributed by atoms with Crippen molar-refractivity contribution in [1.29, 1.82) is 0 Å². The molecule has 0 bridgehead atoms. The van der Waals surface area contributed by atoms with Gasteiger partial charge in [-0.15, -0.1) is 0 Å². The average molecular weight is 338 g/mol. The Labute approximate surface area is 144 Å².